The molecule has 1 rings (SSSR count). The van der Waals surface area contributed by atoms with Crippen LogP contribution in [0.15, 0.2) is 11.6 Å². The molecule has 1 heterocycles. The molecule has 0 spiro atoms. The van der Waals surface area contributed by atoms with Crippen LogP contribution < -0.4 is 10.6 Å². The zero-order valence-electron chi connectivity index (χ0n) is 8.64. The molecule has 0 aliphatic carbocycles. The zero-order chi connectivity index (χ0) is 10.2. The van der Waals surface area contributed by atoms with Crippen molar-refractivity contribution in [3.63, 3.8) is 0 Å². The van der Waals surface area contributed by atoms with E-state index in [0.29, 0.717) is 5.75 Å². The maximum atomic E-state index is 11.1. The predicted octanol–water partition coefficient (Wildman–Crippen LogP) is 0.775. The summed E-state index contributed by atoms with van der Waals surface area (Å²) in [6.07, 6.45) is 6.29. The standard InChI is InChI=1S/C10H18N2OS/c1-14-8-10(13)12-7-4-9-2-5-11-6-3-9/h2,11H,3-8H2,1H3,(H,12,13). The van der Waals surface area contributed by atoms with Crippen molar-refractivity contribution in [1.82, 2.24) is 10.6 Å². The molecule has 2 N–H and O–H groups in total. The lowest BCUT2D eigenvalue weighted by atomic mass is 10.1. The molecule has 1 aliphatic rings. The predicted molar refractivity (Wildman–Crippen MR) is 61.6 cm³/mol. The summed E-state index contributed by atoms with van der Waals surface area (Å²) in [6.45, 7) is 2.84. The van der Waals surface area contributed by atoms with Crippen LogP contribution in [0, 0.1) is 0 Å². The van der Waals surface area contributed by atoms with Gasteiger partial charge in [0.05, 0.1) is 5.75 Å². The number of hydrogen-bond acceptors (Lipinski definition) is 3. The molecule has 1 aliphatic heterocycles. The normalized spacial score (nSPS) is 16.2. The Morgan fingerprint density at radius 2 is 2.57 bits per heavy atom. The van der Waals surface area contributed by atoms with Crippen LogP contribution in [0.4, 0.5) is 0 Å². The van der Waals surface area contributed by atoms with Gasteiger partial charge in [0, 0.05) is 13.1 Å². The summed E-state index contributed by atoms with van der Waals surface area (Å²) in [6, 6.07) is 0. The summed E-state index contributed by atoms with van der Waals surface area (Å²) in [5.74, 6) is 0.715. The van der Waals surface area contributed by atoms with Gasteiger partial charge in [0.25, 0.3) is 0 Å². The molecular formula is C10H18N2OS. The van der Waals surface area contributed by atoms with Crippen LogP contribution >= 0.6 is 11.8 Å². The van der Waals surface area contributed by atoms with Gasteiger partial charge >= 0.3 is 0 Å². The van der Waals surface area contributed by atoms with Gasteiger partial charge in [-0.3, -0.25) is 4.79 Å². The number of hydrogen-bond donors (Lipinski definition) is 2. The van der Waals surface area contributed by atoms with Gasteiger partial charge in [-0.15, -0.1) is 0 Å². The quantitative estimate of drug-likeness (QED) is 0.664. The third-order valence-electron chi connectivity index (χ3n) is 2.20. The van der Waals surface area contributed by atoms with Crippen LogP contribution in [0.5, 0.6) is 0 Å². The van der Waals surface area contributed by atoms with Crippen molar-refractivity contribution in [1.29, 1.82) is 0 Å². The SMILES string of the molecule is CSCC(=O)NCCC1=CCNCC1. The monoisotopic (exact) mass is 214 g/mol. The summed E-state index contributed by atoms with van der Waals surface area (Å²) in [7, 11) is 0. The van der Waals surface area contributed by atoms with Crippen molar-refractivity contribution in [3.8, 4) is 0 Å². The Bertz CT molecular complexity index is 216. The molecule has 0 aromatic rings. The van der Waals surface area contributed by atoms with Crippen LogP contribution in [0.3, 0.4) is 0 Å². The summed E-state index contributed by atoms with van der Waals surface area (Å²) < 4.78 is 0. The Morgan fingerprint density at radius 1 is 1.71 bits per heavy atom. The molecule has 0 unspecified atom stereocenters. The van der Waals surface area contributed by atoms with Crippen LogP contribution in [0.2, 0.25) is 0 Å². The molecule has 0 atom stereocenters. The number of carbonyl (C=O) groups excluding carboxylic acids is 1. The molecule has 0 fully saturated rings. The zero-order valence-corrected chi connectivity index (χ0v) is 9.45. The van der Waals surface area contributed by atoms with E-state index in [1.54, 1.807) is 11.8 Å². The van der Waals surface area contributed by atoms with Gasteiger partial charge in [0.15, 0.2) is 0 Å². The number of rotatable bonds is 5. The lowest BCUT2D eigenvalue weighted by Gasteiger charge is -2.13. The molecule has 0 aromatic heterocycles. The van der Waals surface area contributed by atoms with E-state index >= 15 is 0 Å². The molecular weight excluding hydrogens is 196 g/mol. The highest BCUT2D eigenvalue weighted by Crippen LogP contribution is 2.07. The van der Waals surface area contributed by atoms with Gasteiger partial charge in [-0.1, -0.05) is 11.6 Å². The van der Waals surface area contributed by atoms with Gasteiger partial charge in [-0.2, -0.15) is 11.8 Å². The van der Waals surface area contributed by atoms with Crippen LogP contribution in [0.25, 0.3) is 0 Å². The highest BCUT2D eigenvalue weighted by Gasteiger charge is 2.03. The topological polar surface area (TPSA) is 41.1 Å². The van der Waals surface area contributed by atoms with Crippen molar-refractivity contribution < 1.29 is 4.79 Å². The van der Waals surface area contributed by atoms with Gasteiger partial charge in [0.2, 0.25) is 5.91 Å². The van der Waals surface area contributed by atoms with Crippen molar-refractivity contribution in [2.24, 2.45) is 0 Å². The second-order valence-corrected chi connectivity index (χ2v) is 4.22. The molecule has 0 bridgehead atoms. The Hall–Kier alpha value is -0.480. The van der Waals surface area contributed by atoms with E-state index in [-0.39, 0.29) is 5.91 Å². The van der Waals surface area contributed by atoms with E-state index < -0.39 is 0 Å². The van der Waals surface area contributed by atoms with E-state index in [4.69, 9.17) is 0 Å². The van der Waals surface area contributed by atoms with Gasteiger partial charge in [0.1, 0.15) is 0 Å². The minimum atomic E-state index is 0.145. The smallest absolute Gasteiger partial charge is 0.229 e. The lowest BCUT2D eigenvalue weighted by molar-refractivity contribution is -0.118. The maximum Gasteiger partial charge on any atom is 0.229 e. The molecule has 0 aromatic carbocycles. The summed E-state index contributed by atoms with van der Waals surface area (Å²) in [5.41, 5.74) is 1.47. The van der Waals surface area contributed by atoms with Crippen LogP contribution in [-0.4, -0.2) is 37.6 Å². The first-order chi connectivity index (χ1) is 6.83. The van der Waals surface area contributed by atoms with Crippen molar-refractivity contribution in [3.05, 3.63) is 11.6 Å². The summed E-state index contributed by atoms with van der Waals surface area (Å²) in [4.78, 5) is 11.1. The first-order valence-electron chi connectivity index (χ1n) is 4.97. The highest BCUT2D eigenvalue weighted by atomic mass is 32.2. The lowest BCUT2D eigenvalue weighted by Crippen LogP contribution is -2.27. The third kappa shape index (κ3) is 4.67. The van der Waals surface area contributed by atoms with Gasteiger partial charge in [-0.05, 0) is 25.6 Å². The van der Waals surface area contributed by atoms with Gasteiger partial charge in [-0.25, -0.2) is 0 Å². The molecule has 0 saturated carbocycles. The van der Waals surface area contributed by atoms with E-state index in [9.17, 15) is 4.79 Å². The summed E-state index contributed by atoms with van der Waals surface area (Å²) in [5, 5.41) is 6.18. The molecule has 14 heavy (non-hydrogen) atoms. The average Bonchev–Trinajstić information content (AvgIpc) is 2.20. The van der Waals surface area contributed by atoms with E-state index in [1.807, 2.05) is 6.26 Å². The number of amides is 1. The van der Waals surface area contributed by atoms with Crippen molar-refractivity contribution in [2.75, 3.05) is 31.6 Å². The maximum absolute atomic E-state index is 11.1. The minimum absolute atomic E-state index is 0.145. The molecule has 1 amide bonds. The fraction of sp³-hybridized carbons (Fsp3) is 0.700. The second-order valence-electron chi connectivity index (χ2n) is 3.35. The Kier molecular flexibility index (Phi) is 5.71. The fourth-order valence-corrected chi connectivity index (χ4v) is 1.81. The number of carbonyl (C=O) groups is 1. The number of thioether (sulfide) groups is 1. The first kappa shape index (κ1) is 11.6. The largest absolute Gasteiger partial charge is 0.355 e. The van der Waals surface area contributed by atoms with E-state index in [1.165, 1.54) is 5.57 Å². The van der Waals surface area contributed by atoms with E-state index in [0.717, 1.165) is 32.5 Å². The second kappa shape index (κ2) is 6.90. The molecule has 4 heteroatoms. The van der Waals surface area contributed by atoms with Crippen LogP contribution in [0.1, 0.15) is 12.8 Å². The summed E-state index contributed by atoms with van der Waals surface area (Å²) >= 11 is 1.56. The van der Waals surface area contributed by atoms with Crippen molar-refractivity contribution in [2.45, 2.75) is 12.8 Å². The Labute approximate surface area is 89.7 Å². The molecule has 80 valence electrons. The highest BCUT2D eigenvalue weighted by molar-refractivity contribution is 7.99. The Balaban J connectivity index is 2.08. The first-order valence-corrected chi connectivity index (χ1v) is 6.36. The van der Waals surface area contributed by atoms with Gasteiger partial charge < -0.3 is 10.6 Å². The third-order valence-corrected chi connectivity index (χ3v) is 2.75. The minimum Gasteiger partial charge on any atom is -0.355 e. The molecule has 0 radical (unpaired) electrons. The van der Waals surface area contributed by atoms with Crippen LogP contribution in [-0.2, 0) is 4.79 Å². The van der Waals surface area contributed by atoms with Crippen molar-refractivity contribution >= 4 is 17.7 Å². The average molecular weight is 214 g/mol. The molecule has 3 nitrogen and oxygen atoms in total. The fourth-order valence-electron chi connectivity index (χ4n) is 1.44. The molecule has 0 saturated heterocycles. The van der Waals surface area contributed by atoms with E-state index in [2.05, 4.69) is 16.7 Å². The Morgan fingerprint density at radius 3 is 3.21 bits per heavy atom. The number of nitrogens with one attached hydrogen (secondary N) is 2.